The van der Waals surface area contributed by atoms with E-state index in [1.807, 2.05) is 20.0 Å². The van der Waals surface area contributed by atoms with Gasteiger partial charge in [-0.3, -0.25) is 0 Å². The molecule has 0 aliphatic heterocycles. The molecule has 0 radical (unpaired) electrons. The Morgan fingerprint density at radius 2 is 1.90 bits per heavy atom. The minimum absolute atomic E-state index is 0.133. The number of halogens is 1. The van der Waals surface area contributed by atoms with Crippen LogP contribution in [0.3, 0.4) is 0 Å². The van der Waals surface area contributed by atoms with E-state index in [1.165, 1.54) is 5.56 Å². The van der Waals surface area contributed by atoms with Gasteiger partial charge in [-0.1, -0.05) is 32.9 Å². The lowest BCUT2D eigenvalue weighted by Crippen LogP contribution is -2.11. The van der Waals surface area contributed by atoms with E-state index in [2.05, 4.69) is 44.9 Å². The SMILES string of the molecule is Cc1cc(C(C)(C)C)ccc1Oc1c(CCl)c(C)nn1C. The first-order valence-electron chi connectivity index (χ1n) is 7.11. The normalized spacial score (nSPS) is 11.8. The van der Waals surface area contributed by atoms with Gasteiger partial charge >= 0.3 is 0 Å². The highest BCUT2D eigenvalue weighted by Gasteiger charge is 2.18. The number of rotatable bonds is 3. The zero-order valence-corrected chi connectivity index (χ0v) is 14.4. The Labute approximate surface area is 131 Å². The van der Waals surface area contributed by atoms with Gasteiger partial charge in [-0.15, -0.1) is 11.6 Å². The van der Waals surface area contributed by atoms with Gasteiger partial charge in [0, 0.05) is 7.05 Å². The Bertz CT molecular complexity index is 654. The molecule has 114 valence electrons. The molecule has 0 unspecified atom stereocenters. The summed E-state index contributed by atoms with van der Waals surface area (Å²) in [7, 11) is 1.87. The first-order chi connectivity index (χ1) is 9.74. The highest BCUT2D eigenvalue weighted by molar-refractivity contribution is 6.17. The molecule has 3 nitrogen and oxygen atoms in total. The highest BCUT2D eigenvalue weighted by Crippen LogP contribution is 2.32. The number of aryl methyl sites for hydroxylation is 3. The zero-order chi connectivity index (χ0) is 15.8. The van der Waals surface area contributed by atoms with Crippen LogP contribution in [0.1, 0.15) is 43.2 Å². The predicted octanol–water partition coefficient (Wildman–Crippen LogP) is 4.87. The molecule has 21 heavy (non-hydrogen) atoms. The Kier molecular flexibility index (Phi) is 4.33. The zero-order valence-electron chi connectivity index (χ0n) is 13.6. The fourth-order valence-electron chi connectivity index (χ4n) is 2.30. The van der Waals surface area contributed by atoms with Crippen molar-refractivity contribution in [2.45, 2.75) is 45.9 Å². The molecular weight excluding hydrogens is 284 g/mol. The van der Waals surface area contributed by atoms with Crippen LogP contribution in [-0.2, 0) is 18.3 Å². The number of aromatic nitrogens is 2. The predicted molar refractivity (Wildman–Crippen MR) is 87.5 cm³/mol. The summed E-state index contributed by atoms with van der Waals surface area (Å²) in [5.41, 5.74) is 4.39. The number of hydrogen-bond donors (Lipinski definition) is 0. The highest BCUT2D eigenvalue weighted by atomic mass is 35.5. The number of alkyl halides is 1. The Hall–Kier alpha value is -1.48. The molecule has 0 spiro atoms. The molecule has 1 aromatic heterocycles. The molecule has 0 bridgehead atoms. The third-order valence-electron chi connectivity index (χ3n) is 3.67. The summed E-state index contributed by atoms with van der Waals surface area (Å²) >= 11 is 6.01. The number of nitrogens with zero attached hydrogens (tertiary/aromatic N) is 2. The van der Waals surface area contributed by atoms with Crippen LogP contribution in [0.15, 0.2) is 18.2 Å². The Morgan fingerprint density at radius 3 is 2.43 bits per heavy atom. The van der Waals surface area contributed by atoms with Crippen LogP contribution < -0.4 is 4.74 Å². The Morgan fingerprint density at radius 1 is 1.24 bits per heavy atom. The molecule has 2 aromatic rings. The van der Waals surface area contributed by atoms with Crippen molar-refractivity contribution in [3.63, 3.8) is 0 Å². The monoisotopic (exact) mass is 306 g/mol. The summed E-state index contributed by atoms with van der Waals surface area (Å²) < 4.78 is 7.81. The van der Waals surface area contributed by atoms with E-state index in [0.717, 1.165) is 22.6 Å². The largest absolute Gasteiger partial charge is 0.439 e. The van der Waals surface area contributed by atoms with Gasteiger partial charge < -0.3 is 4.74 Å². The van der Waals surface area contributed by atoms with Crippen molar-refractivity contribution in [3.05, 3.63) is 40.6 Å². The third-order valence-corrected chi connectivity index (χ3v) is 3.94. The standard InChI is InChI=1S/C17H23ClN2O/c1-11-9-13(17(3,4)5)7-8-15(11)21-16-14(10-18)12(2)19-20(16)6/h7-9H,10H2,1-6H3. The van der Waals surface area contributed by atoms with Crippen molar-refractivity contribution in [2.75, 3.05) is 0 Å². The average Bonchev–Trinajstić information content (AvgIpc) is 2.64. The maximum absolute atomic E-state index is 6.07. The van der Waals surface area contributed by atoms with Crippen LogP contribution in [0.4, 0.5) is 0 Å². The van der Waals surface area contributed by atoms with Gasteiger partial charge in [0.05, 0.1) is 17.1 Å². The van der Waals surface area contributed by atoms with E-state index in [-0.39, 0.29) is 5.41 Å². The van der Waals surface area contributed by atoms with Gasteiger partial charge in [0.15, 0.2) is 0 Å². The van der Waals surface area contributed by atoms with E-state index in [4.69, 9.17) is 16.3 Å². The first kappa shape index (κ1) is 15.9. The van der Waals surface area contributed by atoms with Gasteiger partial charge in [0.1, 0.15) is 5.75 Å². The van der Waals surface area contributed by atoms with Gasteiger partial charge in [0.25, 0.3) is 0 Å². The maximum Gasteiger partial charge on any atom is 0.222 e. The average molecular weight is 307 g/mol. The molecular formula is C17H23ClN2O. The topological polar surface area (TPSA) is 27.1 Å². The molecule has 0 fully saturated rings. The van der Waals surface area contributed by atoms with Gasteiger partial charge in [-0.2, -0.15) is 5.10 Å². The summed E-state index contributed by atoms with van der Waals surface area (Å²) in [5.74, 6) is 1.96. The van der Waals surface area contributed by atoms with Gasteiger partial charge in [-0.25, -0.2) is 4.68 Å². The second kappa shape index (κ2) is 5.72. The molecule has 1 aromatic carbocycles. The van der Waals surface area contributed by atoms with Gasteiger partial charge in [-0.05, 0) is 36.5 Å². The van der Waals surface area contributed by atoms with Crippen molar-refractivity contribution in [3.8, 4) is 11.6 Å². The van der Waals surface area contributed by atoms with Crippen molar-refractivity contribution >= 4 is 11.6 Å². The molecule has 4 heteroatoms. The van der Waals surface area contributed by atoms with Crippen LogP contribution in [0.2, 0.25) is 0 Å². The summed E-state index contributed by atoms with van der Waals surface area (Å²) in [6.45, 7) is 10.6. The summed E-state index contributed by atoms with van der Waals surface area (Å²) in [5, 5.41) is 4.37. The van der Waals surface area contributed by atoms with Crippen LogP contribution in [0.25, 0.3) is 0 Å². The quantitative estimate of drug-likeness (QED) is 0.757. The van der Waals surface area contributed by atoms with Crippen LogP contribution in [0, 0.1) is 13.8 Å². The number of ether oxygens (including phenoxy) is 1. The van der Waals surface area contributed by atoms with Crippen LogP contribution in [-0.4, -0.2) is 9.78 Å². The van der Waals surface area contributed by atoms with Crippen molar-refractivity contribution in [1.82, 2.24) is 9.78 Å². The second-order valence-corrected chi connectivity index (χ2v) is 6.73. The minimum Gasteiger partial charge on any atom is -0.439 e. The summed E-state index contributed by atoms with van der Waals surface area (Å²) in [6.07, 6.45) is 0. The van der Waals surface area contributed by atoms with E-state index < -0.39 is 0 Å². The third kappa shape index (κ3) is 3.24. The van der Waals surface area contributed by atoms with Crippen molar-refractivity contribution in [1.29, 1.82) is 0 Å². The molecule has 0 atom stereocenters. The van der Waals surface area contributed by atoms with Crippen LogP contribution >= 0.6 is 11.6 Å². The molecule has 0 aliphatic carbocycles. The molecule has 0 aliphatic rings. The molecule has 0 N–H and O–H groups in total. The van der Waals surface area contributed by atoms with E-state index in [9.17, 15) is 0 Å². The van der Waals surface area contributed by atoms with Crippen molar-refractivity contribution < 1.29 is 4.74 Å². The van der Waals surface area contributed by atoms with Crippen LogP contribution in [0.5, 0.6) is 11.6 Å². The van der Waals surface area contributed by atoms with Crippen molar-refractivity contribution in [2.24, 2.45) is 7.05 Å². The lowest BCUT2D eigenvalue weighted by molar-refractivity contribution is 0.424. The fourth-order valence-corrected chi connectivity index (χ4v) is 2.60. The van der Waals surface area contributed by atoms with E-state index in [1.54, 1.807) is 4.68 Å². The number of hydrogen-bond acceptors (Lipinski definition) is 2. The lowest BCUT2D eigenvalue weighted by Gasteiger charge is -2.20. The number of benzene rings is 1. The van der Waals surface area contributed by atoms with E-state index >= 15 is 0 Å². The summed E-state index contributed by atoms with van der Waals surface area (Å²) in [4.78, 5) is 0. The Balaban J connectivity index is 2.37. The minimum atomic E-state index is 0.133. The van der Waals surface area contributed by atoms with E-state index in [0.29, 0.717) is 11.8 Å². The fraction of sp³-hybridized carbons (Fsp3) is 0.471. The molecule has 0 amide bonds. The molecule has 0 saturated carbocycles. The lowest BCUT2D eigenvalue weighted by atomic mass is 9.86. The summed E-state index contributed by atoms with van der Waals surface area (Å²) in [6, 6.07) is 6.32. The second-order valence-electron chi connectivity index (χ2n) is 6.46. The maximum atomic E-state index is 6.07. The van der Waals surface area contributed by atoms with Gasteiger partial charge in [0.2, 0.25) is 5.88 Å². The first-order valence-corrected chi connectivity index (χ1v) is 7.65. The smallest absolute Gasteiger partial charge is 0.222 e. The molecule has 0 saturated heterocycles. The molecule has 1 heterocycles. The molecule has 2 rings (SSSR count).